The number of hydrogen-bond donors (Lipinski definition) is 2. The first-order valence-corrected chi connectivity index (χ1v) is 9.18. The van der Waals surface area contributed by atoms with Gasteiger partial charge >= 0.3 is 0 Å². The van der Waals surface area contributed by atoms with Crippen LogP contribution in [0.1, 0.15) is 0 Å². The largest absolute Gasteiger partial charge is 0.355 e. The van der Waals surface area contributed by atoms with E-state index in [1.54, 1.807) is 18.2 Å². The molecule has 1 aliphatic heterocycles. The van der Waals surface area contributed by atoms with Gasteiger partial charge in [-0.05, 0) is 30.4 Å². The highest BCUT2D eigenvalue weighted by molar-refractivity contribution is 7.94. The van der Waals surface area contributed by atoms with Crippen LogP contribution >= 0.6 is 12.2 Å². The van der Waals surface area contributed by atoms with Crippen molar-refractivity contribution < 1.29 is 16.8 Å². The summed E-state index contributed by atoms with van der Waals surface area (Å²) in [7, 11) is -6.97. The van der Waals surface area contributed by atoms with E-state index < -0.39 is 25.9 Å². The number of nitrogens with one attached hydrogen (secondary N) is 2. The van der Waals surface area contributed by atoms with Crippen LogP contribution in [-0.4, -0.2) is 33.7 Å². The predicted octanol–water partition coefficient (Wildman–Crippen LogP) is 0.150. The van der Waals surface area contributed by atoms with Crippen LogP contribution in [0.5, 0.6) is 0 Å². The van der Waals surface area contributed by atoms with Crippen LogP contribution in [0.2, 0.25) is 0 Å². The van der Waals surface area contributed by atoms with E-state index in [-0.39, 0.29) is 15.8 Å². The highest BCUT2D eigenvalue weighted by atomic mass is 32.2. The van der Waals surface area contributed by atoms with Crippen molar-refractivity contribution in [1.82, 2.24) is 10.0 Å². The number of hydrogen-bond acceptors (Lipinski definition) is 5. The Kier molecular flexibility index (Phi) is 4.11. The van der Waals surface area contributed by atoms with E-state index in [4.69, 9.17) is 12.2 Å². The normalized spacial score (nSPS) is 20.5. The van der Waals surface area contributed by atoms with Crippen LogP contribution in [0.15, 0.2) is 46.7 Å². The highest BCUT2D eigenvalue weighted by Gasteiger charge is 2.23. The maximum atomic E-state index is 12.0. The molecule has 2 rings (SSSR count). The molecule has 0 saturated carbocycles. The van der Waals surface area contributed by atoms with Crippen molar-refractivity contribution in [2.45, 2.75) is 10.9 Å². The van der Waals surface area contributed by atoms with Crippen molar-refractivity contribution in [1.29, 1.82) is 0 Å². The Morgan fingerprint density at radius 2 is 1.90 bits per heavy atom. The first-order chi connectivity index (χ1) is 9.28. The van der Waals surface area contributed by atoms with E-state index in [1.807, 2.05) is 0 Å². The maximum absolute atomic E-state index is 12.0. The fraction of sp³-hybridized carbons (Fsp3) is 0.182. The number of sulfonamides is 1. The Bertz CT molecular complexity index is 739. The average molecular weight is 332 g/mol. The zero-order chi connectivity index (χ0) is 14.8. The lowest BCUT2D eigenvalue weighted by Crippen LogP contribution is -2.44. The van der Waals surface area contributed by atoms with E-state index in [0.717, 1.165) is 5.41 Å². The van der Waals surface area contributed by atoms with E-state index in [9.17, 15) is 16.8 Å². The van der Waals surface area contributed by atoms with E-state index in [0.29, 0.717) is 0 Å². The van der Waals surface area contributed by atoms with Gasteiger partial charge in [-0.15, -0.1) is 0 Å². The molecule has 2 N–H and O–H groups in total. The molecule has 1 aromatic carbocycles. The molecule has 0 aromatic heterocycles. The van der Waals surface area contributed by atoms with Gasteiger partial charge in [-0.3, -0.25) is 4.72 Å². The van der Waals surface area contributed by atoms with Gasteiger partial charge < -0.3 is 5.32 Å². The van der Waals surface area contributed by atoms with Crippen molar-refractivity contribution in [3.8, 4) is 0 Å². The molecule has 1 aliphatic rings. The summed E-state index contributed by atoms with van der Waals surface area (Å²) in [5.74, 6) is -0.139. The number of benzene rings is 1. The average Bonchev–Trinajstić information content (AvgIpc) is 2.69. The third kappa shape index (κ3) is 3.78. The Hall–Kier alpha value is -1.45. The second-order valence-electron chi connectivity index (χ2n) is 4.16. The van der Waals surface area contributed by atoms with Gasteiger partial charge in [0.15, 0.2) is 14.9 Å². The SMILES string of the molecule is O=S1(=O)C=CC(NC(=S)NS(=O)(=O)c2ccccc2)C1. The molecule has 1 unspecified atom stereocenters. The van der Waals surface area contributed by atoms with Crippen molar-refractivity contribution in [3.63, 3.8) is 0 Å². The Balaban J connectivity index is 2.01. The zero-order valence-electron chi connectivity index (χ0n) is 10.2. The van der Waals surface area contributed by atoms with E-state index >= 15 is 0 Å². The minimum Gasteiger partial charge on any atom is -0.355 e. The minimum absolute atomic E-state index is 0.0822. The summed E-state index contributed by atoms with van der Waals surface area (Å²) in [4.78, 5) is 0.0822. The molecule has 0 amide bonds. The molecule has 1 heterocycles. The van der Waals surface area contributed by atoms with Gasteiger partial charge in [-0.1, -0.05) is 18.2 Å². The lowest BCUT2D eigenvalue weighted by molar-refractivity contribution is 0.591. The molecule has 0 radical (unpaired) electrons. The van der Waals surface area contributed by atoms with Crippen molar-refractivity contribution in [2.24, 2.45) is 0 Å². The van der Waals surface area contributed by atoms with Gasteiger partial charge in [-0.25, -0.2) is 16.8 Å². The third-order valence-electron chi connectivity index (χ3n) is 2.53. The molecule has 0 bridgehead atoms. The molecule has 0 saturated heterocycles. The predicted molar refractivity (Wildman–Crippen MR) is 79.2 cm³/mol. The molecule has 6 nitrogen and oxygen atoms in total. The molecule has 0 fully saturated rings. The Morgan fingerprint density at radius 1 is 1.25 bits per heavy atom. The molecule has 0 aliphatic carbocycles. The fourth-order valence-corrected chi connectivity index (χ4v) is 4.30. The molecule has 108 valence electrons. The van der Waals surface area contributed by atoms with Crippen LogP contribution in [-0.2, 0) is 19.9 Å². The summed E-state index contributed by atoms with van der Waals surface area (Å²) < 4.78 is 48.6. The minimum atomic E-state index is -3.76. The second kappa shape index (κ2) is 5.51. The lowest BCUT2D eigenvalue weighted by atomic mass is 10.3. The number of thiocarbonyl (C=S) groups is 1. The van der Waals surface area contributed by atoms with Gasteiger partial charge in [0.1, 0.15) is 0 Å². The first-order valence-electron chi connectivity index (χ1n) is 5.58. The van der Waals surface area contributed by atoms with Gasteiger partial charge in [0.05, 0.1) is 16.7 Å². The summed E-state index contributed by atoms with van der Waals surface area (Å²) in [6.45, 7) is 0. The molecule has 1 atom stereocenters. The Morgan fingerprint density at radius 3 is 2.45 bits per heavy atom. The molecule has 1 aromatic rings. The van der Waals surface area contributed by atoms with Crippen molar-refractivity contribution in [3.05, 3.63) is 41.8 Å². The second-order valence-corrected chi connectivity index (χ2v) is 8.18. The van der Waals surface area contributed by atoms with Crippen LogP contribution in [0.3, 0.4) is 0 Å². The summed E-state index contributed by atoms with van der Waals surface area (Å²) in [5, 5.41) is 3.58. The third-order valence-corrected chi connectivity index (χ3v) is 5.64. The van der Waals surface area contributed by atoms with Gasteiger partial charge in [-0.2, -0.15) is 0 Å². The monoisotopic (exact) mass is 332 g/mol. The van der Waals surface area contributed by atoms with E-state index in [1.165, 1.54) is 18.2 Å². The van der Waals surface area contributed by atoms with Crippen molar-refractivity contribution in [2.75, 3.05) is 5.75 Å². The summed E-state index contributed by atoms with van der Waals surface area (Å²) in [6, 6.07) is 7.24. The summed E-state index contributed by atoms with van der Waals surface area (Å²) >= 11 is 4.88. The quantitative estimate of drug-likeness (QED) is 0.766. The van der Waals surface area contributed by atoms with Gasteiger partial charge in [0, 0.05) is 5.41 Å². The first kappa shape index (κ1) is 14.9. The maximum Gasteiger partial charge on any atom is 0.263 e. The summed E-state index contributed by atoms with van der Waals surface area (Å²) in [6.07, 6.45) is 1.43. The molecular weight excluding hydrogens is 320 g/mol. The zero-order valence-corrected chi connectivity index (χ0v) is 12.6. The van der Waals surface area contributed by atoms with Gasteiger partial charge in [0.25, 0.3) is 10.0 Å². The Labute approximate surface area is 122 Å². The van der Waals surface area contributed by atoms with Crippen LogP contribution in [0.4, 0.5) is 0 Å². The van der Waals surface area contributed by atoms with Crippen LogP contribution in [0.25, 0.3) is 0 Å². The topological polar surface area (TPSA) is 92.3 Å². The number of rotatable bonds is 3. The number of sulfone groups is 1. The molecule has 20 heavy (non-hydrogen) atoms. The summed E-state index contributed by atoms with van der Waals surface area (Å²) in [5.41, 5.74) is 0. The van der Waals surface area contributed by atoms with Crippen LogP contribution < -0.4 is 10.0 Å². The van der Waals surface area contributed by atoms with Gasteiger partial charge in [0.2, 0.25) is 0 Å². The van der Waals surface area contributed by atoms with E-state index in [2.05, 4.69) is 10.0 Å². The van der Waals surface area contributed by atoms with Crippen molar-refractivity contribution >= 4 is 37.2 Å². The smallest absolute Gasteiger partial charge is 0.263 e. The molecule has 0 spiro atoms. The highest BCUT2D eigenvalue weighted by Crippen LogP contribution is 2.09. The molecule has 9 heteroatoms. The van der Waals surface area contributed by atoms with Crippen LogP contribution in [0, 0.1) is 0 Å². The standard InChI is InChI=1S/C11H12N2O4S3/c14-19(15)7-6-9(8-19)12-11(18)13-20(16,17)10-4-2-1-3-5-10/h1-7,9H,8H2,(H2,12,13,18). The molecular formula is C11H12N2O4S3. The fourth-order valence-electron chi connectivity index (χ4n) is 1.64. The lowest BCUT2D eigenvalue weighted by Gasteiger charge is -2.14.